The molecule has 0 aromatic rings. The Morgan fingerprint density at radius 1 is 1.37 bits per heavy atom. The fraction of sp³-hybridized carbons (Fsp3) is 0.857. The summed E-state index contributed by atoms with van der Waals surface area (Å²) in [5, 5.41) is 9.05. The van der Waals surface area contributed by atoms with Crippen LogP contribution >= 0.6 is 0 Å². The summed E-state index contributed by atoms with van der Waals surface area (Å²) >= 11 is 0. The molecular weight excluding hydrogens is 244 g/mol. The van der Waals surface area contributed by atoms with E-state index in [0.29, 0.717) is 19.5 Å². The highest BCUT2D eigenvalue weighted by Gasteiger charge is 2.31. The summed E-state index contributed by atoms with van der Waals surface area (Å²) in [7, 11) is 1.68. The lowest BCUT2D eigenvalue weighted by Gasteiger charge is -2.35. The maximum atomic E-state index is 12.2. The number of likely N-dealkylation sites (N-methyl/N-ethyl adjacent to an activating group) is 1. The third kappa shape index (κ3) is 4.49. The highest BCUT2D eigenvalue weighted by atomic mass is 16.3. The van der Waals surface area contributed by atoms with Gasteiger partial charge in [0.15, 0.2) is 0 Å². The number of rotatable bonds is 5. The number of hydrogen-bond acceptors (Lipinski definition) is 3. The number of carbonyl (C=O) groups excluding carboxylic acids is 2. The van der Waals surface area contributed by atoms with E-state index in [-0.39, 0.29) is 12.6 Å². The number of carbonyl (C=O) groups is 2. The van der Waals surface area contributed by atoms with E-state index in [0.717, 1.165) is 32.1 Å². The van der Waals surface area contributed by atoms with E-state index in [1.54, 1.807) is 11.9 Å². The van der Waals surface area contributed by atoms with Gasteiger partial charge in [-0.15, -0.1) is 0 Å². The highest BCUT2D eigenvalue weighted by molar-refractivity contribution is 6.34. The Bertz CT molecular complexity index is 305. The number of nitrogens with zero attached hydrogens (tertiary/aromatic N) is 2. The number of piperidine rings is 1. The molecule has 1 saturated heterocycles. The zero-order chi connectivity index (χ0) is 14.3. The Morgan fingerprint density at radius 3 is 2.74 bits per heavy atom. The van der Waals surface area contributed by atoms with Gasteiger partial charge >= 0.3 is 11.8 Å². The summed E-state index contributed by atoms with van der Waals surface area (Å²) in [5.41, 5.74) is 0. The van der Waals surface area contributed by atoms with Crippen LogP contribution in [0.1, 0.15) is 45.4 Å². The summed E-state index contributed by atoms with van der Waals surface area (Å²) in [4.78, 5) is 27.5. The molecule has 5 nitrogen and oxygen atoms in total. The Kier molecular flexibility index (Phi) is 6.84. The first kappa shape index (κ1) is 16.0. The molecule has 1 rings (SSSR count). The number of amides is 2. The standard InChI is InChI=1S/C14H26N2O3/c1-3-4-9-15(2)13(18)14(19)16-10-6-5-7-12(16)8-11-17/h12,17H,3-11H2,1-2H3. The maximum absolute atomic E-state index is 12.2. The molecule has 0 bridgehead atoms. The van der Waals surface area contributed by atoms with Crippen molar-refractivity contribution in [3.8, 4) is 0 Å². The Balaban J connectivity index is 2.60. The fourth-order valence-electron chi connectivity index (χ4n) is 2.50. The minimum atomic E-state index is -0.418. The third-order valence-corrected chi connectivity index (χ3v) is 3.73. The van der Waals surface area contributed by atoms with Crippen LogP contribution in [0.2, 0.25) is 0 Å². The summed E-state index contributed by atoms with van der Waals surface area (Å²) in [5.74, 6) is -0.824. The Hall–Kier alpha value is -1.10. The Labute approximate surface area is 115 Å². The number of aliphatic hydroxyl groups excluding tert-OH is 1. The van der Waals surface area contributed by atoms with Gasteiger partial charge in [-0.2, -0.15) is 0 Å². The van der Waals surface area contributed by atoms with Gasteiger partial charge in [0.1, 0.15) is 0 Å². The summed E-state index contributed by atoms with van der Waals surface area (Å²) in [6.07, 6.45) is 5.38. The van der Waals surface area contributed by atoms with Crippen LogP contribution in [0.25, 0.3) is 0 Å². The predicted molar refractivity (Wildman–Crippen MR) is 73.6 cm³/mol. The van der Waals surface area contributed by atoms with Gasteiger partial charge in [-0.25, -0.2) is 0 Å². The number of likely N-dealkylation sites (tertiary alicyclic amines) is 1. The van der Waals surface area contributed by atoms with Crippen molar-refractivity contribution in [3.63, 3.8) is 0 Å². The fourth-order valence-corrected chi connectivity index (χ4v) is 2.50. The van der Waals surface area contributed by atoms with E-state index in [9.17, 15) is 9.59 Å². The zero-order valence-corrected chi connectivity index (χ0v) is 12.1. The molecule has 5 heteroatoms. The van der Waals surface area contributed by atoms with Crippen LogP contribution in [-0.2, 0) is 9.59 Å². The first-order valence-electron chi connectivity index (χ1n) is 7.28. The minimum Gasteiger partial charge on any atom is -0.396 e. The van der Waals surface area contributed by atoms with E-state index in [1.807, 2.05) is 0 Å². The van der Waals surface area contributed by atoms with Gasteiger partial charge in [0, 0.05) is 32.8 Å². The monoisotopic (exact) mass is 270 g/mol. The first-order valence-corrected chi connectivity index (χ1v) is 7.28. The molecule has 0 aromatic heterocycles. The van der Waals surface area contributed by atoms with Crippen molar-refractivity contribution in [1.29, 1.82) is 0 Å². The molecule has 1 unspecified atom stereocenters. The molecule has 0 aliphatic carbocycles. The molecule has 19 heavy (non-hydrogen) atoms. The lowest BCUT2D eigenvalue weighted by molar-refractivity contribution is -0.153. The molecule has 0 spiro atoms. The minimum absolute atomic E-state index is 0.0229. The molecule has 0 radical (unpaired) electrons. The molecule has 110 valence electrons. The van der Waals surface area contributed by atoms with Crippen LogP contribution in [-0.4, -0.2) is 59.5 Å². The van der Waals surface area contributed by atoms with Crippen LogP contribution < -0.4 is 0 Å². The molecular formula is C14H26N2O3. The topological polar surface area (TPSA) is 60.9 Å². The molecule has 1 heterocycles. The van der Waals surface area contributed by atoms with Crippen molar-refractivity contribution < 1.29 is 14.7 Å². The second-order valence-electron chi connectivity index (χ2n) is 5.24. The lowest BCUT2D eigenvalue weighted by Crippen LogP contribution is -2.50. The first-order chi connectivity index (χ1) is 9.11. The summed E-state index contributed by atoms with van der Waals surface area (Å²) in [6, 6.07) is 0.0229. The molecule has 0 saturated carbocycles. The normalized spacial score (nSPS) is 19.3. The van der Waals surface area contributed by atoms with E-state index in [1.165, 1.54) is 4.90 Å². The van der Waals surface area contributed by atoms with Gasteiger partial charge in [-0.1, -0.05) is 13.3 Å². The van der Waals surface area contributed by atoms with Gasteiger partial charge in [0.25, 0.3) is 0 Å². The van der Waals surface area contributed by atoms with Crippen molar-refractivity contribution in [1.82, 2.24) is 9.80 Å². The number of aliphatic hydroxyl groups is 1. The number of unbranched alkanes of at least 4 members (excludes halogenated alkanes) is 1. The van der Waals surface area contributed by atoms with Gasteiger partial charge < -0.3 is 14.9 Å². The van der Waals surface area contributed by atoms with Crippen molar-refractivity contribution >= 4 is 11.8 Å². The van der Waals surface area contributed by atoms with Crippen LogP contribution in [0.3, 0.4) is 0 Å². The van der Waals surface area contributed by atoms with Crippen LogP contribution in [0, 0.1) is 0 Å². The molecule has 1 N–H and O–H groups in total. The van der Waals surface area contributed by atoms with Crippen LogP contribution in [0.5, 0.6) is 0 Å². The summed E-state index contributed by atoms with van der Waals surface area (Å²) < 4.78 is 0. The van der Waals surface area contributed by atoms with Crippen molar-refractivity contribution in [2.24, 2.45) is 0 Å². The van der Waals surface area contributed by atoms with E-state index in [2.05, 4.69) is 6.92 Å². The molecule has 1 aliphatic heterocycles. The molecule has 1 aliphatic rings. The second kappa shape index (κ2) is 8.15. The van der Waals surface area contributed by atoms with Gasteiger partial charge in [-0.05, 0) is 32.1 Å². The smallest absolute Gasteiger partial charge is 0.312 e. The Morgan fingerprint density at radius 2 is 2.11 bits per heavy atom. The molecule has 2 amide bonds. The number of hydrogen-bond donors (Lipinski definition) is 1. The lowest BCUT2D eigenvalue weighted by atomic mass is 9.99. The van der Waals surface area contributed by atoms with Gasteiger partial charge in [0.05, 0.1) is 0 Å². The quantitative estimate of drug-likeness (QED) is 0.758. The van der Waals surface area contributed by atoms with E-state index < -0.39 is 11.8 Å². The van der Waals surface area contributed by atoms with E-state index >= 15 is 0 Å². The van der Waals surface area contributed by atoms with Crippen molar-refractivity contribution in [3.05, 3.63) is 0 Å². The highest BCUT2D eigenvalue weighted by Crippen LogP contribution is 2.20. The average molecular weight is 270 g/mol. The third-order valence-electron chi connectivity index (χ3n) is 3.73. The maximum Gasteiger partial charge on any atom is 0.312 e. The van der Waals surface area contributed by atoms with Gasteiger partial charge in [-0.3, -0.25) is 9.59 Å². The predicted octanol–water partition coefficient (Wildman–Crippen LogP) is 1.01. The SMILES string of the molecule is CCCCN(C)C(=O)C(=O)N1CCCCC1CCO. The summed E-state index contributed by atoms with van der Waals surface area (Å²) in [6.45, 7) is 3.38. The van der Waals surface area contributed by atoms with Crippen molar-refractivity contribution in [2.45, 2.75) is 51.5 Å². The molecule has 1 fully saturated rings. The van der Waals surface area contributed by atoms with E-state index in [4.69, 9.17) is 5.11 Å². The molecule has 0 aromatic carbocycles. The second-order valence-corrected chi connectivity index (χ2v) is 5.24. The zero-order valence-electron chi connectivity index (χ0n) is 12.1. The van der Waals surface area contributed by atoms with Gasteiger partial charge in [0.2, 0.25) is 0 Å². The average Bonchev–Trinajstić information content (AvgIpc) is 2.44. The van der Waals surface area contributed by atoms with Crippen LogP contribution in [0.15, 0.2) is 0 Å². The van der Waals surface area contributed by atoms with Crippen LogP contribution in [0.4, 0.5) is 0 Å². The van der Waals surface area contributed by atoms with Crippen molar-refractivity contribution in [2.75, 3.05) is 26.7 Å². The largest absolute Gasteiger partial charge is 0.396 e. The molecule has 1 atom stereocenters.